The summed E-state index contributed by atoms with van der Waals surface area (Å²) in [5.41, 5.74) is 0.889. The zero-order valence-corrected chi connectivity index (χ0v) is 16.4. The van der Waals surface area contributed by atoms with Gasteiger partial charge in [0.2, 0.25) is 0 Å². The van der Waals surface area contributed by atoms with Gasteiger partial charge in [0.15, 0.2) is 5.11 Å². The van der Waals surface area contributed by atoms with Gasteiger partial charge in [0.25, 0.3) is 0 Å². The van der Waals surface area contributed by atoms with Gasteiger partial charge >= 0.3 is 6.18 Å². The minimum absolute atomic E-state index is 0.142. The molecule has 0 saturated carbocycles. The lowest BCUT2D eigenvalue weighted by Crippen LogP contribution is -2.19. The average molecular weight is 445 g/mol. The second kappa shape index (κ2) is 8.38. The SMILES string of the molecule is FC(F)(F)c1cccc(NC(=S)Nc2cnn(Cc3ccc(Cl)cc3Cl)c2)c1. The zero-order valence-electron chi connectivity index (χ0n) is 14.1. The summed E-state index contributed by atoms with van der Waals surface area (Å²) in [6.07, 6.45) is -1.17. The molecule has 0 atom stereocenters. The van der Waals surface area contributed by atoms with Crippen LogP contribution in [0.3, 0.4) is 0 Å². The molecule has 0 aliphatic rings. The highest BCUT2D eigenvalue weighted by atomic mass is 35.5. The average Bonchev–Trinajstić information content (AvgIpc) is 3.03. The maximum atomic E-state index is 12.8. The van der Waals surface area contributed by atoms with E-state index in [4.69, 9.17) is 35.4 Å². The zero-order chi connectivity index (χ0) is 20.3. The van der Waals surface area contributed by atoms with Gasteiger partial charge in [0.05, 0.1) is 24.0 Å². The lowest BCUT2D eigenvalue weighted by Gasteiger charge is -2.11. The van der Waals surface area contributed by atoms with Crippen LogP contribution in [0.25, 0.3) is 0 Å². The molecule has 2 aromatic carbocycles. The Hall–Kier alpha value is -2.29. The van der Waals surface area contributed by atoms with Gasteiger partial charge in [-0.3, -0.25) is 4.68 Å². The maximum absolute atomic E-state index is 12.8. The van der Waals surface area contributed by atoms with Gasteiger partial charge in [0, 0.05) is 21.9 Å². The molecule has 10 heteroatoms. The van der Waals surface area contributed by atoms with Crippen molar-refractivity contribution in [1.82, 2.24) is 9.78 Å². The Kier molecular flexibility index (Phi) is 6.12. The Bertz CT molecular complexity index is 1000. The van der Waals surface area contributed by atoms with Crippen LogP contribution in [0.2, 0.25) is 10.0 Å². The number of hydrogen-bond donors (Lipinski definition) is 2. The monoisotopic (exact) mass is 444 g/mol. The Labute approximate surface area is 174 Å². The Morgan fingerprint density at radius 2 is 1.82 bits per heavy atom. The van der Waals surface area contributed by atoms with Crippen molar-refractivity contribution in [2.45, 2.75) is 12.7 Å². The Balaban J connectivity index is 1.62. The summed E-state index contributed by atoms with van der Waals surface area (Å²) >= 11 is 17.2. The molecule has 28 heavy (non-hydrogen) atoms. The number of nitrogens with one attached hydrogen (secondary N) is 2. The van der Waals surface area contributed by atoms with E-state index in [1.165, 1.54) is 12.1 Å². The van der Waals surface area contributed by atoms with E-state index in [1.54, 1.807) is 35.3 Å². The number of benzene rings is 2. The molecular formula is C18H13Cl2F3N4S. The van der Waals surface area contributed by atoms with E-state index in [1.807, 2.05) is 0 Å². The van der Waals surface area contributed by atoms with E-state index in [0.717, 1.165) is 17.7 Å². The van der Waals surface area contributed by atoms with Crippen molar-refractivity contribution in [3.8, 4) is 0 Å². The van der Waals surface area contributed by atoms with Crippen LogP contribution in [0.1, 0.15) is 11.1 Å². The molecular weight excluding hydrogens is 432 g/mol. The van der Waals surface area contributed by atoms with Crippen molar-refractivity contribution < 1.29 is 13.2 Å². The molecule has 1 heterocycles. The predicted molar refractivity (Wildman–Crippen MR) is 109 cm³/mol. The van der Waals surface area contributed by atoms with Gasteiger partial charge in [-0.1, -0.05) is 35.3 Å². The van der Waals surface area contributed by atoms with Gasteiger partial charge in [-0.15, -0.1) is 0 Å². The van der Waals surface area contributed by atoms with Crippen LogP contribution < -0.4 is 10.6 Å². The molecule has 0 aliphatic carbocycles. The number of anilines is 2. The molecule has 0 amide bonds. The molecule has 4 nitrogen and oxygen atoms in total. The highest BCUT2D eigenvalue weighted by Crippen LogP contribution is 2.30. The first-order valence-electron chi connectivity index (χ1n) is 7.92. The van der Waals surface area contributed by atoms with Crippen molar-refractivity contribution in [3.63, 3.8) is 0 Å². The number of aromatic nitrogens is 2. The molecule has 146 valence electrons. The summed E-state index contributed by atoms with van der Waals surface area (Å²) < 4.78 is 40.0. The number of alkyl halides is 3. The summed E-state index contributed by atoms with van der Waals surface area (Å²) in [7, 11) is 0. The Morgan fingerprint density at radius 3 is 2.54 bits per heavy atom. The molecule has 3 aromatic rings. The standard InChI is InChI=1S/C18H13Cl2F3N4S/c19-13-5-4-11(16(20)7-13)9-27-10-15(8-24-27)26-17(28)25-14-3-1-2-12(6-14)18(21,22)23/h1-8,10H,9H2,(H2,25,26,28). The van der Waals surface area contributed by atoms with E-state index in [9.17, 15) is 13.2 Å². The second-order valence-corrected chi connectivity index (χ2v) is 7.07. The third-order valence-electron chi connectivity index (χ3n) is 3.69. The predicted octanol–water partition coefficient (Wildman–Crippen LogP) is 6.07. The first kappa shape index (κ1) is 20.4. The van der Waals surface area contributed by atoms with E-state index >= 15 is 0 Å². The normalized spacial score (nSPS) is 11.3. The van der Waals surface area contributed by atoms with Crippen molar-refractivity contribution in [2.75, 3.05) is 10.6 Å². The number of hydrogen-bond acceptors (Lipinski definition) is 2. The molecule has 0 saturated heterocycles. The highest BCUT2D eigenvalue weighted by molar-refractivity contribution is 7.80. The van der Waals surface area contributed by atoms with Gasteiger partial charge in [-0.25, -0.2) is 0 Å². The van der Waals surface area contributed by atoms with E-state index in [0.29, 0.717) is 22.3 Å². The van der Waals surface area contributed by atoms with Gasteiger partial charge in [-0.2, -0.15) is 18.3 Å². The van der Waals surface area contributed by atoms with Crippen molar-refractivity contribution in [2.24, 2.45) is 0 Å². The Morgan fingerprint density at radius 1 is 1.07 bits per heavy atom. The van der Waals surface area contributed by atoms with Gasteiger partial charge in [-0.05, 0) is 48.1 Å². The molecule has 0 fully saturated rings. The molecule has 2 N–H and O–H groups in total. The number of halogens is 5. The van der Waals surface area contributed by atoms with Crippen LogP contribution in [0, 0.1) is 0 Å². The third-order valence-corrected chi connectivity index (χ3v) is 4.48. The number of thiocarbonyl (C=S) groups is 1. The van der Waals surface area contributed by atoms with Gasteiger partial charge < -0.3 is 10.6 Å². The van der Waals surface area contributed by atoms with Gasteiger partial charge in [0.1, 0.15) is 0 Å². The van der Waals surface area contributed by atoms with Crippen LogP contribution >= 0.6 is 35.4 Å². The summed E-state index contributed by atoms with van der Waals surface area (Å²) in [5.74, 6) is 0. The summed E-state index contributed by atoms with van der Waals surface area (Å²) in [4.78, 5) is 0. The number of nitrogens with zero attached hydrogens (tertiary/aromatic N) is 2. The minimum atomic E-state index is -4.42. The molecule has 0 spiro atoms. The molecule has 0 aliphatic heterocycles. The van der Waals surface area contributed by atoms with Crippen molar-refractivity contribution >= 4 is 51.9 Å². The first-order valence-corrected chi connectivity index (χ1v) is 9.09. The topological polar surface area (TPSA) is 41.9 Å². The lowest BCUT2D eigenvalue weighted by atomic mass is 10.2. The fourth-order valence-corrected chi connectivity index (χ4v) is 3.11. The molecule has 0 bridgehead atoms. The smallest absolute Gasteiger partial charge is 0.332 e. The van der Waals surface area contributed by atoms with E-state index in [-0.39, 0.29) is 10.8 Å². The van der Waals surface area contributed by atoms with Crippen LogP contribution in [0.5, 0.6) is 0 Å². The maximum Gasteiger partial charge on any atom is 0.416 e. The number of rotatable bonds is 4. The highest BCUT2D eigenvalue weighted by Gasteiger charge is 2.30. The van der Waals surface area contributed by atoms with E-state index < -0.39 is 11.7 Å². The molecule has 1 aromatic heterocycles. The van der Waals surface area contributed by atoms with Crippen molar-refractivity contribution in [1.29, 1.82) is 0 Å². The third kappa shape index (κ3) is 5.37. The lowest BCUT2D eigenvalue weighted by molar-refractivity contribution is -0.137. The minimum Gasteiger partial charge on any atom is -0.332 e. The largest absolute Gasteiger partial charge is 0.416 e. The van der Waals surface area contributed by atoms with Crippen LogP contribution in [0.4, 0.5) is 24.5 Å². The van der Waals surface area contributed by atoms with Crippen LogP contribution in [-0.2, 0) is 12.7 Å². The summed E-state index contributed by atoms with van der Waals surface area (Å²) in [5, 5.41) is 11.0. The summed E-state index contributed by atoms with van der Waals surface area (Å²) in [6, 6.07) is 9.97. The first-order chi connectivity index (χ1) is 13.2. The van der Waals surface area contributed by atoms with Crippen molar-refractivity contribution in [3.05, 3.63) is 76.0 Å². The molecule has 0 radical (unpaired) electrons. The van der Waals surface area contributed by atoms with Crippen LogP contribution in [-0.4, -0.2) is 14.9 Å². The molecule has 3 rings (SSSR count). The quantitative estimate of drug-likeness (QED) is 0.479. The van der Waals surface area contributed by atoms with E-state index in [2.05, 4.69) is 15.7 Å². The van der Waals surface area contributed by atoms with Crippen LogP contribution in [0.15, 0.2) is 54.9 Å². The second-order valence-electron chi connectivity index (χ2n) is 5.82. The fourth-order valence-electron chi connectivity index (χ4n) is 2.41. The fraction of sp³-hybridized carbons (Fsp3) is 0.111. The summed E-state index contributed by atoms with van der Waals surface area (Å²) in [6.45, 7) is 0.422. The molecule has 0 unspecified atom stereocenters.